The molecule has 2 nitrogen and oxygen atoms in total. The summed E-state index contributed by atoms with van der Waals surface area (Å²) in [6.07, 6.45) is 3.62. The molecule has 1 aliphatic carbocycles. The molecule has 0 amide bonds. The van der Waals surface area contributed by atoms with Crippen LogP contribution in [0, 0.1) is 0 Å². The Morgan fingerprint density at radius 3 is 2.14 bits per heavy atom. The Bertz CT molecular complexity index is 848. The van der Waals surface area contributed by atoms with Gasteiger partial charge in [0.1, 0.15) is 0 Å². The maximum Gasteiger partial charge on any atom is -0.162 e. The van der Waals surface area contributed by atoms with Crippen molar-refractivity contribution in [2.24, 2.45) is 0 Å². The fraction of sp³-hybridized carbons (Fsp3) is 0.440. The minimum absolute atomic E-state index is 0.200. The van der Waals surface area contributed by atoms with E-state index >= 15 is 0 Å². The smallest absolute Gasteiger partial charge is 0.162 e. The zero-order valence-corrected chi connectivity index (χ0v) is 21.9. The van der Waals surface area contributed by atoms with Crippen molar-refractivity contribution >= 4 is 6.08 Å². The number of rotatable bonds is 3. The number of hydrogen-bond acceptors (Lipinski definition) is 1. The van der Waals surface area contributed by atoms with Crippen molar-refractivity contribution in [1.82, 2.24) is 0 Å². The molecule has 0 bridgehead atoms. The first kappa shape index (κ1) is 21.7. The zero-order chi connectivity index (χ0) is 20.5. The van der Waals surface area contributed by atoms with Crippen molar-refractivity contribution in [2.45, 2.75) is 54.0 Å². The van der Waals surface area contributed by atoms with Crippen molar-refractivity contribution < 1.29 is 24.7 Å². The summed E-state index contributed by atoms with van der Waals surface area (Å²) in [5, 5.41) is 3.50. The molecule has 1 fully saturated rings. The zero-order valence-electron chi connectivity index (χ0n) is 18.3. The maximum absolute atomic E-state index is 6.06. The third-order valence-corrected chi connectivity index (χ3v) is 14.8. The summed E-state index contributed by atoms with van der Waals surface area (Å²) in [5.74, 6) is 0. The van der Waals surface area contributed by atoms with Crippen LogP contribution in [0.3, 0.4) is 0 Å². The fourth-order valence-electron chi connectivity index (χ4n) is 3.98. The van der Waals surface area contributed by atoms with Crippen LogP contribution in [-0.4, -0.2) is 18.0 Å². The largest absolute Gasteiger partial charge is 0.668 e. The van der Waals surface area contributed by atoms with Crippen LogP contribution in [-0.2, 0) is 30.1 Å². The summed E-state index contributed by atoms with van der Waals surface area (Å²) in [7, 11) is 3.50. The van der Waals surface area contributed by atoms with Gasteiger partial charge in [0.05, 0.1) is 0 Å². The van der Waals surface area contributed by atoms with E-state index in [1.54, 1.807) is 25.2 Å². The first-order valence-electron chi connectivity index (χ1n) is 10.3. The third-order valence-electron chi connectivity index (χ3n) is 5.56. The van der Waals surface area contributed by atoms with Crippen molar-refractivity contribution in [3.63, 3.8) is 0 Å². The van der Waals surface area contributed by atoms with Crippen LogP contribution in [0.25, 0.3) is 22.5 Å². The minimum atomic E-state index is -1.87. The number of nitrogens with zero attached hydrogens (tertiary/aromatic N) is 1. The summed E-state index contributed by atoms with van der Waals surface area (Å²) in [6.45, 7) is 11.4. The van der Waals surface area contributed by atoms with E-state index in [-0.39, 0.29) is 5.41 Å². The Hall–Kier alpha value is -1.03. The maximum atomic E-state index is 6.06. The van der Waals surface area contributed by atoms with Gasteiger partial charge in [-0.1, -0.05) is 0 Å². The summed E-state index contributed by atoms with van der Waals surface area (Å²) in [5.41, 5.74) is 8.91. The van der Waals surface area contributed by atoms with Gasteiger partial charge >= 0.3 is 161 Å². The van der Waals surface area contributed by atoms with Gasteiger partial charge in [-0.25, -0.2) is 0 Å². The molecular weight excluding hydrogens is 509 g/mol. The molecule has 1 heterocycles. The summed E-state index contributed by atoms with van der Waals surface area (Å²) in [4.78, 5) is 0. The first-order chi connectivity index (χ1) is 13.3. The van der Waals surface area contributed by atoms with Gasteiger partial charge in [-0.15, -0.1) is 0 Å². The molecule has 2 aliphatic rings. The molecule has 2 aromatic rings. The first-order valence-corrected chi connectivity index (χ1v) is 15.9. The molecule has 2 unspecified atom stereocenters. The molecule has 0 radical (unpaired) electrons. The molecule has 2 atom stereocenters. The number of hydrogen-bond donors (Lipinski definition) is 0. The van der Waals surface area contributed by atoms with E-state index in [1.807, 2.05) is 0 Å². The Labute approximate surface area is 179 Å². The average molecular weight is 542 g/mol. The van der Waals surface area contributed by atoms with E-state index in [2.05, 4.69) is 88.5 Å². The van der Waals surface area contributed by atoms with E-state index in [0.717, 1.165) is 6.42 Å². The van der Waals surface area contributed by atoms with E-state index in [1.165, 1.54) is 22.3 Å². The summed E-state index contributed by atoms with van der Waals surface area (Å²) < 4.78 is 7.32. The molecule has 0 saturated carbocycles. The van der Waals surface area contributed by atoms with E-state index < -0.39 is 21.9 Å². The quantitative estimate of drug-likeness (QED) is 0.303. The van der Waals surface area contributed by atoms with E-state index in [0.29, 0.717) is 7.53 Å². The van der Waals surface area contributed by atoms with Crippen LogP contribution in [0.4, 0.5) is 0 Å². The Morgan fingerprint density at radius 2 is 1.64 bits per heavy atom. The van der Waals surface area contributed by atoms with Crippen molar-refractivity contribution in [3.05, 3.63) is 70.0 Å². The van der Waals surface area contributed by atoms with Gasteiger partial charge in [0.15, 0.2) is 0 Å². The molecule has 28 heavy (non-hydrogen) atoms. The summed E-state index contributed by atoms with van der Waals surface area (Å²) >= 11 is -1.87. The van der Waals surface area contributed by atoms with Crippen molar-refractivity contribution in [2.75, 3.05) is 14.1 Å². The average Bonchev–Trinajstić information content (AvgIpc) is 3.25. The molecule has 1 saturated heterocycles. The van der Waals surface area contributed by atoms with Gasteiger partial charge in [0, 0.05) is 0 Å². The summed E-state index contributed by atoms with van der Waals surface area (Å²) in [6, 6.07) is 16.0. The van der Waals surface area contributed by atoms with Crippen LogP contribution in [0.1, 0.15) is 61.4 Å². The van der Waals surface area contributed by atoms with Crippen molar-refractivity contribution in [3.8, 4) is 11.1 Å². The van der Waals surface area contributed by atoms with Crippen LogP contribution in [0.2, 0.25) is 0 Å². The van der Waals surface area contributed by atoms with Gasteiger partial charge < -0.3 is 5.32 Å². The predicted molar refractivity (Wildman–Crippen MR) is 117 cm³/mol. The standard InChI is InChI=1S/C21H23.C2H6N.C2H4O.Hf/c1-5-15-13-17-7-6-8-19(20(17)14-15)16-9-11-18(12-10-16)21(2,3)4;1-3-2;1-2-3;/h6-14H,5H2,1-4H3;1-2H3;2H,1H3;/q;2*-1;+2. The molecule has 0 aromatic heterocycles. The van der Waals surface area contributed by atoms with Gasteiger partial charge in [-0.05, 0) is 0 Å². The number of allylic oxidation sites excluding steroid dienone is 1. The monoisotopic (exact) mass is 543 g/mol. The Balaban J connectivity index is 0.000000706. The molecule has 0 N–H and O–H groups in total. The fourth-order valence-corrected chi connectivity index (χ4v) is 13.7. The minimum Gasteiger partial charge on any atom is -0.668 e. The third kappa shape index (κ3) is 4.42. The number of benzene rings is 2. The van der Waals surface area contributed by atoms with Gasteiger partial charge in [-0.2, -0.15) is 14.1 Å². The Kier molecular flexibility index (Phi) is 6.79. The molecule has 4 rings (SSSR count). The second kappa shape index (κ2) is 8.77. The SMILES string of the molecule is CCC1=Cc2c(-c3ccc(C(C)(C)C)cc3)cccc2[CH]1[Hf+]1[O][CH]1C.C[N-]C. The van der Waals surface area contributed by atoms with E-state index in [4.69, 9.17) is 2.85 Å². The second-order valence-electron chi connectivity index (χ2n) is 8.75. The molecule has 148 valence electrons. The van der Waals surface area contributed by atoms with Crippen LogP contribution < -0.4 is 0 Å². The van der Waals surface area contributed by atoms with Gasteiger partial charge in [0.2, 0.25) is 0 Å². The number of fused-ring (bicyclic) bond motifs is 1. The molecule has 2 aromatic carbocycles. The molecule has 3 heteroatoms. The van der Waals surface area contributed by atoms with Crippen LogP contribution in [0.15, 0.2) is 48.0 Å². The van der Waals surface area contributed by atoms with Gasteiger partial charge in [0.25, 0.3) is 0 Å². The van der Waals surface area contributed by atoms with Crippen molar-refractivity contribution in [1.29, 1.82) is 0 Å². The molecular formula is C25H33HfNO. The molecule has 0 spiro atoms. The van der Waals surface area contributed by atoms with Gasteiger partial charge in [-0.3, -0.25) is 0 Å². The second-order valence-corrected chi connectivity index (χ2v) is 17.5. The van der Waals surface area contributed by atoms with Crippen LogP contribution >= 0.6 is 0 Å². The normalized spacial score (nSPS) is 20.2. The van der Waals surface area contributed by atoms with E-state index in [9.17, 15) is 0 Å². The Morgan fingerprint density at radius 1 is 1.04 bits per heavy atom. The predicted octanol–water partition coefficient (Wildman–Crippen LogP) is 7.03. The van der Waals surface area contributed by atoms with Crippen LogP contribution in [0.5, 0.6) is 0 Å². The topological polar surface area (TPSA) is 26.6 Å². The molecule has 1 aliphatic heterocycles.